The van der Waals surface area contributed by atoms with E-state index in [0.717, 1.165) is 30.5 Å². The van der Waals surface area contributed by atoms with Gasteiger partial charge in [0.25, 0.3) is 5.91 Å². The van der Waals surface area contributed by atoms with Gasteiger partial charge in [0.1, 0.15) is 11.4 Å². The largest absolute Gasteiger partial charge is 0.481 e. The molecule has 1 fully saturated rings. The van der Waals surface area contributed by atoms with E-state index in [1.807, 2.05) is 26.8 Å². The minimum Gasteiger partial charge on any atom is -0.481 e. The minimum atomic E-state index is -0.711. The van der Waals surface area contributed by atoms with Crippen LogP contribution in [-0.4, -0.2) is 47.3 Å². The van der Waals surface area contributed by atoms with Crippen molar-refractivity contribution in [2.24, 2.45) is 13.0 Å². The van der Waals surface area contributed by atoms with Gasteiger partial charge >= 0.3 is 5.97 Å². The second-order valence-corrected chi connectivity index (χ2v) is 9.34. The Labute approximate surface area is 225 Å². The number of carboxylic acid groups (broad SMARTS) is 1. The molecule has 12 heteroatoms. The van der Waals surface area contributed by atoms with Crippen molar-refractivity contribution in [1.29, 1.82) is 0 Å². The Hall–Kier alpha value is -4.74. The number of rotatable bonds is 8. The summed E-state index contributed by atoms with van der Waals surface area (Å²) in [4.78, 5) is 38.6. The van der Waals surface area contributed by atoms with E-state index >= 15 is 0 Å². The Kier molecular flexibility index (Phi) is 8.23. The lowest BCUT2D eigenvalue weighted by Crippen LogP contribution is -2.16. The van der Waals surface area contributed by atoms with Gasteiger partial charge in [-0.1, -0.05) is 13.0 Å². The van der Waals surface area contributed by atoms with Gasteiger partial charge in [-0.25, -0.2) is 9.50 Å². The number of carbonyl (C=O) groups excluding carboxylic acids is 2. The number of benzene rings is 1. The highest BCUT2D eigenvalue weighted by Crippen LogP contribution is 2.30. The zero-order chi connectivity index (χ0) is 28.1. The Balaban J connectivity index is 0.000000531. The molecule has 0 bridgehead atoms. The molecule has 1 aliphatic carbocycles. The molecule has 0 saturated heterocycles. The van der Waals surface area contributed by atoms with Crippen LogP contribution in [0.15, 0.2) is 42.6 Å². The van der Waals surface area contributed by atoms with Crippen LogP contribution in [0.1, 0.15) is 54.4 Å². The van der Waals surface area contributed by atoms with E-state index in [4.69, 9.17) is 9.84 Å². The summed E-state index contributed by atoms with van der Waals surface area (Å²) in [6.07, 6.45) is 4.53. The fraction of sp³-hybridized carbons (Fsp3) is 0.333. The summed E-state index contributed by atoms with van der Waals surface area (Å²) in [5.41, 5.74) is 3.35. The van der Waals surface area contributed by atoms with E-state index in [9.17, 15) is 14.4 Å². The van der Waals surface area contributed by atoms with Crippen LogP contribution in [0.4, 0.5) is 11.5 Å². The van der Waals surface area contributed by atoms with Crippen molar-refractivity contribution in [2.45, 2.75) is 46.5 Å². The van der Waals surface area contributed by atoms with Gasteiger partial charge < -0.3 is 20.5 Å². The van der Waals surface area contributed by atoms with Crippen LogP contribution in [0, 0.1) is 19.8 Å². The van der Waals surface area contributed by atoms with Crippen LogP contribution < -0.4 is 15.4 Å². The Morgan fingerprint density at radius 3 is 2.46 bits per heavy atom. The molecule has 3 heterocycles. The highest BCUT2D eigenvalue weighted by Gasteiger charge is 2.30. The van der Waals surface area contributed by atoms with Crippen molar-refractivity contribution < 1.29 is 24.2 Å². The predicted molar refractivity (Wildman–Crippen MR) is 144 cm³/mol. The third-order valence-electron chi connectivity index (χ3n) is 5.87. The number of ether oxygens (including phenoxy) is 1. The van der Waals surface area contributed by atoms with E-state index in [1.165, 1.54) is 0 Å². The molecule has 4 aromatic rings. The molecule has 0 atom stereocenters. The summed E-state index contributed by atoms with van der Waals surface area (Å²) >= 11 is 0. The van der Waals surface area contributed by atoms with Gasteiger partial charge in [0.2, 0.25) is 11.8 Å². The SMILES string of the molecule is CCCC(=O)O.Cc1cc(C(=O)Nc2cc(Oc3ccc4nc(NC(=O)C5CC5)cn4n3)ccc2C)n(C)n1. The molecule has 5 rings (SSSR count). The molecule has 1 aromatic carbocycles. The van der Waals surface area contributed by atoms with Crippen molar-refractivity contribution in [3.63, 3.8) is 0 Å². The summed E-state index contributed by atoms with van der Waals surface area (Å²) < 4.78 is 9.02. The lowest BCUT2D eigenvalue weighted by molar-refractivity contribution is -0.137. The Bertz CT molecular complexity index is 1520. The fourth-order valence-electron chi connectivity index (χ4n) is 3.70. The zero-order valence-corrected chi connectivity index (χ0v) is 22.3. The number of fused-ring (bicyclic) bond motifs is 1. The van der Waals surface area contributed by atoms with Gasteiger partial charge in [-0.05, 0) is 56.9 Å². The van der Waals surface area contributed by atoms with Crippen molar-refractivity contribution in [1.82, 2.24) is 24.4 Å². The van der Waals surface area contributed by atoms with E-state index in [0.29, 0.717) is 40.9 Å². The monoisotopic (exact) mass is 533 g/mol. The first-order valence-electron chi connectivity index (χ1n) is 12.6. The standard InChI is InChI=1S/C23H23N7O3.C4H8O2/c1-13-4-7-16(11-17(13)24-23(32)18-10-14(2)27-29(18)3)33-21-9-8-20-25-19(12-30(20)28-21)26-22(31)15-5-6-15;1-2-3-4(5)6/h4,7-12,15H,5-6H2,1-3H3,(H,24,32)(H,26,31);2-3H2,1H3,(H,5,6). The number of carboxylic acids is 1. The number of nitrogens with one attached hydrogen (secondary N) is 2. The Morgan fingerprint density at radius 2 is 1.85 bits per heavy atom. The van der Waals surface area contributed by atoms with Crippen LogP contribution in [0.2, 0.25) is 0 Å². The molecule has 3 aromatic heterocycles. The molecule has 204 valence electrons. The molecule has 0 unspecified atom stereocenters. The van der Waals surface area contributed by atoms with Gasteiger partial charge in [0.05, 0.1) is 11.9 Å². The molecular formula is C27H31N7O5. The molecule has 1 aliphatic rings. The highest BCUT2D eigenvalue weighted by atomic mass is 16.5. The Morgan fingerprint density at radius 1 is 1.08 bits per heavy atom. The summed E-state index contributed by atoms with van der Waals surface area (Å²) in [5, 5.41) is 22.3. The number of imidazole rings is 1. The third-order valence-corrected chi connectivity index (χ3v) is 5.87. The summed E-state index contributed by atoms with van der Waals surface area (Å²) in [5.74, 6) is 0.455. The maximum atomic E-state index is 12.7. The number of anilines is 2. The molecule has 2 amide bonds. The second-order valence-electron chi connectivity index (χ2n) is 9.34. The fourth-order valence-corrected chi connectivity index (χ4v) is 3.70. The molecule has 0 aliphatic heterocycles. The van der Waals surface area contributed by atoms with Gasteiger partial charge in [-0.2, -0.15) is 5.10 Å². The van der Waals surface area contributed by atoms with Crippen molar-refractivity contribution in [2.75, 3.05) is 10.6 Å². The van der Waals surface area contributed by atoms with E-state index in [1.54, 1.807) is 52.8 Å². The normalized spacial score (nSPS) is 12.4. The van der Waals surface area contributed by atoms with E-state index < -0.39 is 5.97 Å². The van der Waals surface area contributed by atoms with Crippen LogP contribution >= 0.6 is 0 Å². The molecule has 0 spiro atoms. The van der Waals surface area contributed by atoms with Gasteiger partial charge in [-0.15, -0.1) is 5.10 Å². The van der Waals surface area contributed by atoms with Gasteiger partial charge in [0.15, 0.2) is 11.5 Å². The first-order valence-corrected chi connectivity index (χ1v) is 12.6. The van der Waals surface area contributed by atoms with Gasteiger partial charge in [-0.3, -0.25) is 19.1 Å². The average molecular weight is 534 g/mol. The van der Waals surface area contributed by atoms with Crippen molar-refractivity contribution in [3.05, 3.63) is 59.5 Å². The molecule has 3 N–H and O–H groups in total. The number of aryl methyl sites for hydroxylation is 3. The minimum absolute atomic E-state index is 0.00889. The molecule has 12 nitrogen and oxygen atoms in total. The first kappa shape index (κ1) is 27.3. The van der Waals surface area contributed by atoms with Gasteiger partial charge in [0, 0.05) is 37.2 Å². The number of amides is 2. The maximum Gasteiger partial charge on any atom is 0.303 e. The molecule has 0 radical (unpaired) electrons. The van der Waals surface area contributed by atoms with Crippen LogP contribution in [0.5, 0.6) is 11.6 Å². The summed E-state index contributed by atoms with van der Waals surface area (Å²) in [6, 6.07) is 10.6. The predicted octanol–water partition coefficient (Wildman–Crippen LogP) is 4.34. The first-order chi connectivity index (χ1) is 18.6. The van der Waals surface area contributed by atoms with Crippen LogP contribution in [-0.2, 0) is 16.6 Å². The number of hydrogen-bond donors (Lipinski definition) is 3. The number of carbonyl (C=O) groups is 3. The number of aliphatic carboxylic acids is 1. The van der Waals surface area contributed by atoms with Crippen molar-refractivity contribution >= 4 is 34.9 Å². The summed E-state index contributed by atoms with van der Waals surface area (Å²) in [6.45, 7) is 5.58. The smallest absolute Gasteiger partial charge is 0.303 e. The molecule has 39 heavy (non-hydrogen) atoms. The quantitative estimate of drug-likeness (QED) is 0.302. The third kappa shape index (κ3) is 7.18. The van der Waals surface area contributed by atoms with Crippen LogP contribution in [0.3, 0.4) is 0 Å². The zero-order valence-electron chi connectivity index (χ0n) is 22.3. The summed E-state index contributed by atoms with van der Waals surface area (Å²) in [7, 11) is 1.73. The molecule has 1 saturated carbocycles. The van der Waals surface area contributed by atoms with E-state index in [2.05, 4.69) is 25.8 Å². The topological polar surface area (TPSA) is 153 Å². The van der Waals surface area contributed by atoms with Crippen molar-refractivity contribution in [3.8, 4) is 11.6 Å². The number of aromatic nitrogens is 5. The highest BCUT2D eigenvalue weighted by molar-refractivity contribution is 6.03. The lowest BCUT2D eigenvalue weighted by atomic mass is 10.2. The molecular weight excluding hydrogens is 502 g/mol. The second kappa shape index (κ2) is 11.8. The average Bonchev–Trinajstić information content (AvgIpc) is 3.57. The maximum absolute atomic E-state index is 12.7. The van der Waals surface area contributed by atoms with E-state index in [-0.39, 0.29) is 17.7 Å². The number of hydrogen-bond acceptors (Lipinski definition) is 7. The number of nitrogens with zero attached hydrogens (tertiary/aromatic N) is 5. The van der Waals surface area contributed by atoms with Crippen LogP contribution in [0.25, 0.3) is 5.65 Å². The lowest BCUT2D eigenvalue weighted by Gasteiger charge is -2.11.